The molecule has 4 nitrogen and oxygen atoms in total. The van der Waals surface area contributed by atoms with Gasteiger partial charge < -0.3 is 5.32 Å². The van der Waals surface area contributed by atoms with E-state index in [-0.39, 0.29) is 0 Å². The maximum Gasteiger partial charge on any atom is 0.243 e. The van der Waals surface area contributed by atoms with Gasteiger partial charge in [-0.25, -0.2) is 8.42 Å². The van der Waals surface area contributed by atoms with Gasteiger partial charge in [0.05, 0.1) is 4.90 Å². The zero-order valence-electron chi connectivity index (χ0n) is 13.2. The van der Waals surface area contributed by atoms with Crippen LogP contribution in [0.1, 0.15) is 26.3 Å². The van der Waals surface area contributed by atoms with E-state index in [1.807, 2.05) is 26.0 Å². The van der Waals surface area contributed by atoms with Gasteiger partial charge in [-0.2, -0.15) is 4.31 Å². The van der Waals surface area contributed by atoms with Crippen LogP contribution in [0.2, 0.25) is 0 Å². The van der Waals surface area contributed by atoms with E-state index in [0.29, 0.717) is 18.0 Å². The van der Waals surface area contributed by atoms with Gasteiger partial charge in [-0.05, 0) is 44.1 Å². The third kappa shape index (κ3) is 5.26. The van der Waals surface area contributed by atoms with E-state index >= 15 is 0 Å². The molecule has 0 aliphatic rings. The molecule has 1 N–H and O–H groups in total. The second-order valence-electron chi connectivity index (χ2n) is 5.14. The number of nitrogens with one attached hydrogen (secondary N) is 1. The Morgan fingerprint density at radius 1 is 1.24 bits per heavy atom. The summed E-state index contributed by atoms with van der Waals surface area (Å²) >= 11 is 0. The lowest BCUT2D eigenvalue weighted by molar-refractivity contribution is 0.453. The van der Waals surface area contributed by atoms with E-state index in [1.54, 1.807) is 12.1 Å². The first kappa shape index (κ1) is 17.9. The lowest BCUT2D eigenvalue weighted by Gasteiger charge is -2.20. The van der Waals surface area contributed by atoms with Crippen molar-refractivity contribution in [3.8, 4) is 0 Å². The summed E-state index contributed by atoms with van der Waals surface area (Å²) in [6, 6.07) is 7.16. The number of hydrogen-bond donors (Lipinski definition) is 1. The minimum atomic E-state index is -3.43. The number of likely N-dealkylation sites (N-methyl/N-ethyl adjacent to an activating group) is 2. The molecule has 0 saturated heterocycles. The molecule has 5 heteroatoms. The molecule has 0 atom stereocenters. The van der Waals surface area contributed by atoms with E-state index in [2.05, 4.69) is 18.8 Å². The molecule has 21 heavy (non-hydrogen) atoms. The van der Waals surface area contributed by atoms with Gasteiger partial charge in [0.1, 0.15) is 0 Å². The third-order valence-electron chi connectivity index (χ3n) is 3.20. The maximum absolute atomic E-state index is 12.5. The number of rotatable bonds is 9. The predicted molar refractivity (Wildman–Crippen MR) is 87.9 cm³/mol. The summed E-state index contributed by atoms with van der Waals surface area (Å²) in [5.41, 5.74) is 1.97. The first-order valence-corrected chi connectivity index (χ1v) is 8.80. The molecule has 1 aromatic carbocycles. The van der Waals surface area contributed by atoms with Gasteiger partial charge in [-0.3, -0.25) is 0 Å². The van der Waals surface area contributed by atoms with Crippen LogP contribution in [-0.4, -0.2) is 38.9 Å². The van der Waals surface area contributed by atoms with Gasteiger partial charge in [0.15, 0.2) is 0 Å². The molecular formula is C16H26N2O2S. The molecule has 0 aliphatic heterocycles. The molecule has 0 fully saturated rings. The van der Waals surface area contributed by atoms with Crippen molar-refractivity contribution in [1.82, 2.24) is 9.62 Å². The molecule has 0 saturated carbocycles. The average Bonchev–Trinajstić information content (AvgIpc) is 2.45. The zero-order valence-corrected chi connectivity index (χ0v) is 14.0. The van der Waals surface area contributed by atoms with Crippen molar-refractivity contribution in [2.45, 2.75) is 32.1 Å². The summed E-state index contributed by atoms with van der Waals surface area (Å²) in [6.45, 7) is 12.2. The molecule has 0 amide bonds. The van der Waals surface area contributed by atoms with Crippen LogP contribution in [0.5, 0.6) is 0 Å². The van der Waals surface area contributed by atoms with Crippen molar-refractivity contribution in [1.29, 1.82) is 0 Å². The van der Waals surface area contributed by atoms with E-state index in [9.17, 15) is 8.42 Å². The highest BCUT2D eigenvalue weighted by atomic mass is 32.2. The van der Waals surface area contributed by atoms with Gasteiger partial charge in [0.2, 0.25) is 10.0 Å². The Morgan fingerprint density at radius 3 is 2.33 bits per heavy atom. The van der Waals surface area contributed by atoms with Crippen molar-refractivity contribution < 1.29 is 8.42 Å². The van der Waals surface area contributed by atoms with Crippen LogP contribution in [0.4, 0.5) is 0 Å². The fraction of sp³-hybridized carbons (Fsp3) is 0.500. The second kappa shape index (κ2) is 8.32. The first-order chi connectivity index (χ1) is 9.91. The van der Waals surface area contributed by atoms with Gasteiger partial charge in [-0.15, -0.1) is 0 Å². The van der Waals surface area contributed by atoms with Crippen LogP contribution in [0.15, 0.2) is 41.3 Å². The molecular weight excluding hydrogens is 284 g/mol. The topological polar surface area (TPSA) is 49.4 Å². The smallest absolute Gasteiger partial charge is 0.243 e. The van der Waals surface area contributed by atoms with E-state index in [4.69, 9.17) is 0 Å². The molecule has 0 bridgehead atoms. The van der Waals surface area contributed by atoms with Gasteiger partial charge >= 0.3 is 0 Å². The molecule has 1 aromatic rings. The van der Waals surface area contributed by atoms with Gasteiger partial charge in [-0.1, -0.05) is 38.1 Å². The van der Waals surface area contributed by atoms with Gasteiger partial charge in [0, 0.05) is 13.1 Å². The largest absolute Gasteiger partial charge is 0.317 e. The minimum Gasteiger partial charge on any atom is -0.317 e. The molecule has 0 radical (unpaired) electrons. The monoisotopic (exact) mass is 310 g/mol. The lowest BCUT2D eigenvalue weighted by atomic mass is 10.1. The first-order valence-electron chi connectivity index (χ1n) is 7.36. The van der Waals surface area contributed by atoms with Crippen molar-refractivity contribution in [2.24, 2.45) is 0 Å². The molecule has 0 spiro atoms. The van der Waals surface area contributed by atoms with Crippen LogP contribution >= 0.6 is 0 Å². The highest BCUT2D eigenvalue weighted by molar-refractivity contribution is 7.89. The highest BCUT2D eigenvalue weighted by Gasteiger charge is 2.22. The second-order valence-corrected chi connectivity index (χ2v) is 7.07. The predicted octanol–water partition coefficient (Wildman–Crippen LogP) is 2.43. The van der Waals surface area contributed by atoms with E-state index in [0.717, 1.165) is 30.6 Å². The summed E-state index contributed by atoms with van der Waals surface area (Å²) in [5, 5.41) is 3.25. The Morgan fingerprint density at radius 2 is 1.86 bits per heavy atom. The van der Waals surface area contributed by atoms with E-state index in [1.165, 1.54) is 4.31 Å². The Kier molecular flexibility index (Phi) is 7.08. The normalized spacial score (nSPS) is 11.8. The van der Waals surface area contributed by atoms with Crippen LogP contribution in [0.3, 0.4) is 0 Å². The molecule has 0 heterocycles. The van der Waals surface area contributed by atoms with Crippen molar-refractivity contribution in [2.75, 3.05) is 26.2 Å². The third-order valence-corrected chi connectivity index (χ3v) is 5.14. The average molecular weight is 310 g/mol. The Bertz CT molecular complexity index is 550. The summed E-state index contributed by atoms with van der Waals surface area (Å²) in [4.78, 5) is 0.345. The number of hydrogen-bond acceptors (Lipinski definition) is 3. The van der Waals surface area contributed by atoms with Crippen LogP contribution in [0.25, 0.3) is 0 Å². The maximum atomic E-state index is 12.5. The fourth-order valence-electron chi connectivity index (χ4n) is 2.05. The standard InChI is InChI=1S/C16H26N2O2S/c1-5-17-12-11-15-7-9-16(10-8-15)21(19,20)18(6-2)13-14(3)4/h7-10,17H,3,5-6,11-13H2,1-2,4H3. The molecule has 118 valence electrons. The molecule has 0 aromatic heterocycles. The minimum absolute atomic E-state index is 0.345. The number of sulfonamides is 1. The Hall–Kier alpha value is -1.17. The van der Waals surface area contributed by atoms with Crippen LogP contribution in [0, 0.1) is 0 Å². The zero-order chi connectivity index (χ0) is 15.9. The molecule has 0 aliphatic carbocycles. The van der Waals surface area contributed by atoms with Crippen LogP contribution in [-0.2, 0) is 16.4 Å². The molecule has 0 unspecified atom stereocenters. The quantitative estimate of drug-likeness (QED) is 0.563. The van der Waals surface area contributed by atoms with E-state index < -0.39 is 10.0 Å². The van der Waals surface area contributed by atoms with Gasteiger partial charge in [0.25, 0.3) is 0 Å². The summed E-state index contributed by atoms with van der Waals surface area (Å²) in [7, 11) is -3.43. The SMILES string of the molecule is C=C(C)CN(CC)S(=O)(=O)c1ccc(CCNCC)cc1. The molecule has 1 rings (SSSR count). The fourth-order valence-corrected chi connectivity index (χ4v) is 3.56. The summed E-state index contributed by atoms with van der Waals surface area (Å²) in [6.07, 6.45) is 0.900. The summed E-state index contributed by atoms with van der Waals surface area (Å²) < 4.78 is 26.5. The van der Waals surface area contributed by atoms with Crippen LogP contribution < -0.4 is 5.32 Å². The van der Waals surface area contributed by atoms with Crippen molar-refractivity contribution in [3.05, 3.63) is 42.0 Å². The highest BCUT2D eigenvalue weighted by Crippen LogP contribution is 2.17. The summed E-state index contributed by atoms with van der Waals surface area (Å²) in [5.74, 6) is 0. The number of benzene rings is 1. The Balaban J connectivity index is 2.85. The Labute approximate surface area is 128 Å². The van der Waals surface area contributed by atoms with Crippen molar-refractivity contribution in [3.63, 3.8) is 0 Å². The lowest BCUT2D eigenvalue weighted by Crippen LogP contribution is -2.32. The number of nitrogens with zero attached hydrogens (tertiary/aromatic N) is 1. The van der Waals surface area contributed by atoms with Crippen molar-refractivity contribution >= 4 is 10.0 Å².